The van der Waals surface area contributed by atoms with E-state index in [1.165, 1.54) is 12.0 Å². The largest absolute Gasteiger partial charge is 0.479 e. The van der Waals surface area contributed by atoms with Crippen LogP contribution in [0.5, 0.6) is 0 Å². The van der Waals surface area contributed by atoms with E-state index in [1.807, 2.05) is 6.92 Å². The number of rotatable bonds is 4. The number of carbonyl (C=O) groups is 2. The van der Waals surface area contributed by atoms with E-state index in [0.717, 1.165) is 5.56 Å². The summed E-state index contributed by atoms with van der Waals surface area (Å²) >= 11 is 6.05. The number of aliphatic carboxylic acids is 1. The number of hydrogen-bond acceptors (Lipinski definition) is 3. The number of ether oxygens (including phenoxy) is 1. The molecule has 114 valence electrons. The van der Waals surface area contributed by atoms with Gasteiger partial charge in [-0.05, 0) is 37.5 Å². The topological polar surface area (TPSA) is 66.8 Å². The summed E-state index contributed by atoms with van der Waals surface area (Å²) < 4.78 is 5.05. The predicted molar refractivity (Wildman–Crippen MR) is 78.7 cm³/mol. The molecule has 1 unspecified atom stereocenters. The van der Waals surface area contributed by atoms with Gasteiger partial charge in [-0.1, -0.05) is 17.7 Å². The van der Waals surface area contributed by atoms with Crippen LogP contribution in [0.4, 0.5) is 0 Å². The van der Waals surface area contributed by atoms with E-state index < -0.39 is 11.5 Å². The van der Waals surface area contributed by atoms with Crippen LogP contribution in [0.3, 0.4) is 0 Å². The molecule has 1 aliphatic heterocycles. The van der Waals surface area contributed by atoms with Gasteiger partial charge in [-0.2, -0.15) is 0 Å². The third-order valence-electron chi connectivity index (χ3n) is 3.93. The van der Waals surface area contributed by atoms with Gasteiger partial charge in [0.15, 0.2) is 5.54 Å². The third kappa shape index (κ3) is 2.76. The first-order valence-electron chi connectivity index (χ1n) is 6.73. The van der Waals surface area contributed by atoms with Gasteiger partial charge >= 0.3 is 5.97 Å². The van der Waals surface area contributed by atoms with E-state index in [9.17, 15) is 14.7 Å². The fraction of sp³-hybridized carbons (Fsp3) is 0.467. The summed E-state index contributed by atoms with van der Waals surface area (Å²) in [5, 5.41) is 10.1. The monoisotopic (exact) mass is 311 g/mol. The molecule has 1 heterocycles. The summed E-state index contributed by atoms with van der Waals surface area (Å²) in [4.78, 5) is 25.7. The first kappa shape index (κ1) is 15.8. The maximum absolute atomic E-state index is 12.7. The van der Waals surface area contributed by atoms with Gasteiger partial charge < -0.3 is 14.7 Å². The van der Waals surface area contributed by atoms with Gasteiger partial charge in [-0.3, -0.25) is 4.79 Å². The highest BCUT2D eigenvalue weighted by Crippen LogP contribution is 2.32. The van der Waals surface area contributed by atoms with Crippen molar-refractivity contribution < 1.29 is 19.4 Å². The van der Waals surface area contributed by atoms with Gasteiger partial charge in [0.05, 0.1) is 6.61 Å². The van der Waals surface area contributed by atoms with Crippen LogP contribution in [0.25, 0.3) is 0 Å². The number of carboxylic acid groups (broad SMARTS) is 1. The maximum Gasteiger partial charge on any atom is 0.332 e. The van der Waals surface area contributed by atoms with Crippen LogP contribution in [0.1, 0.15) is 28.8 Å². The lowest BCUT2D eigenvalue weighted by atomic mass is 9.96. The SMILES string of the molecule is COCC1(C(=O)O)CCCN1C(=O)c1ccc(C)c(Cl)c1. The zero-order valence-corrected chi connectivity index (χ0v) is 12.8. The molecule has 0 saturated carbocycles. The molecular weight excluding hydrogens is 294 g/mol. The molecule has 1 aromatic rings. The van der Waals surface area contributed by atoms with Crippen molar-refractivity contribution >= 4 is 23.5 Å². The van der Waals surface area contributed by atoms with Crippen LogP contribution in [0.2, 0.25) is 5.02 Å². The molecule has 1 N–H and O–H groups in total. The number of amides is 1. The van der Waals surface area contributed by atoms with Gasteiger partial charge in [-0.15, -0.1) is 0 Å². The smallest absolute Gasteiger partial charge is 0.332 e. The summed E-state index contributed by atoms with van der Waals surface area (Å²) in [6, 6.07) is 5.00. The molecule has 1 fully saturated rings. The van der Waals surface area contributed by atoms with Gasteiger partial charge in [0.25, 0.3) is 5.91 Å². The molecule has 1 atom stereocenters. The summed E-state index contributed by atoms with van der Waals surface area (Å²) in [7, 11) is 1.44. The Balaban J connectivity index is 2.36. The van der Waals surface area contributed by atoms with Gasteiger partial charge in [0, 0.05) is 24.2 Å². The van der Waals surface area contributed by atoms with E-state index in [-0.39, 0.29) is 12.5 Å². The second-order valence-electron chi connectivity index (χ2n) is 5.29. The Labute approximate surface area is 128 Å². The summed E-state index contributed by atoms with van der Waals surface area (Å²) in [5.41, 5.74) is -0.0197. The molecule has 6 heteroatoms. The standard InChI is InChI=1S/C15H18ClNO4/c1-10-4-5-11(8-12(10)16)13(18)17-7-3-6-15(17,9-21-2)14(19)20/h4-5,8H,3,6-7,9H2,1-2H3,(H,19,20). The summed E-state index contributed by atoms with van der Waals surface area (Å²) in [6.07, 6.45) is 1.03. The van der Waals surface area contributed by atoms with Crippen molar-refractivity contribution in [3.63, 3.8) is 0 Å². The highest BCUT2D eigenvalue weighted by molar-refractivity contribution is 6.31. The Morgan fingerprint density at radius 1 is 1.48 bits per heavy atom. The quantitative estimate of drug-likeness (QED) is 0.927. The predicted octanol–water partition coefficient (Wildman–Crippen LogP) is 2.35. The number of methoxy groups -OCH3 is 1. The number of halogens is 1. The second kappa shape index (κ2) is 6.03. The molecule has 0 aromatic heterocycles. The number of carbonyl (C=O) groups excluding carboxylic acids is 1. The van der Waals surface area contributed by atoms with E-state index in [0.29, 0.717) is 30.0 Å². The van der Waals surface area contributed by atoms with Crippen molar-refractivity contribution in [3.8, 4) is 0 Å². The van der Waals surface area contributed by atoms with E-state index >= 15 is 0 Å². The number of nitrogens with zero attached hydrogens (tertiary/aromatic N) is 1. The second-order valence-corrected chi connectivity index (χ2v) is 5.70. The van der Waals surface area contributed by atoms with Crippen molar-refractivity contribution in [1.29, 1.82) is 0 Å². The molecule has 0 spiro atoms. The Hall–Kier alpha value is -1.59. The van der Waals surface area contributed by atoms with Crippen LogP contribution in [-0.4, -0.2) is 47.7 Å². The first-order valence-corrected chi connectivity index (χ1v) is 7.10. The molecule has 21 heavy (non-hydrogen) atoms. The van der Waals surface area contributed by atoms with Gasteiger partial charge in [-0.25, -0.2) is 4.79 Å². The third-order valence-corrected chi connectivity index (χ3v) is 4.34. The van der Waals surface area contributed by atoms with Gasteiger partial charge in [0.1, 0.15) is 0 Å². The molecule has 5 nitrogen and oxygen atoms in total. The van der Waals surface area contributed by atoms with Crippen LogP contribution >= 0.6 is 11.6 Å². The van der Waals surface area contributed by atoms with Crippen LogP contribution < -0.4 is 0 Å². The molecule has 0 aliphatic carbocycles. The van der Waals surface area contributed by atoms with Crippen LogP contribution in [0.15, 0.2) is 18.2 Å². The Bertz CT molecular complexity index is 575. The molecule has 0 radical (unpaired) electrons. The normalized spacial score (nSPS) is 21.6. The van der Waals surface area contributed by atoms with Crippen LogP contribution in [-0.2, 0) is 9.53 Å². The lowest BCUT2D eigenvalue weighted by Gasteiger charge is -2.34. The molecule has 1 amide bonds. The number of carboxylic acids is 1. The molecule has 1 aromatic carbocycles. The zero-order valence-electron chi connectivity index (χ0n) is 12.1. The first-order chi connectivity index (χ1) is 9.92. The Morgan fingerprint density at radius 2 is 2.19 bits per heavy atom. The fourth-order valence-corrected chi connectivity index (χ4v) is 2.91. The van der Waals surface area contributed by atoms with Crippen molar-refractivity contribution in [3.05, 3.63) is 34.3 Å². The molecule has 2 rings (SSSR count). The molecular formula is C15H18ClNO4. The minimum atomic E-state index is -1.29. The van der Waals surface area contributed by atoms with E-state index in [4.69, 9.17) is 16.3 Å². The highest BCUT2D eigenvalue weighted by Gasteiger charge is 2.50. The molecule has 0 bridgehead atoms. The minimum Gasteiger partial charge on any atom is -0.479 e. The average Bonchev–Trinajstić information content (AvgIpc) is 2.86. The Kier molecular flexibility index (Phi) is 4.54. The lowest BCUT2D eigenvalue weighted by Crippen LogP contribution is -2.56. The molecule has 1 aliphatic rings. The molecule has 1 saturated heterocycles. The van der Waals surface area contributed by atoms with Gasteiger partial charge in [0.2, 0.25) is 0 Å². The summed E-state index contributed by atoms with van der Waals surface area (Å²) in [6.45, 7) is 2.23. The van der Waals surface area contributed by atoms with Crippen molar-refractivity contribution in [2.45, 2.75) is 25.3 Å². The fourth-order valence-electron chi connectivity index (χ4n) is 2.73. The Morgan fingerprint density at radius 3 is 2.76 bits per heavy atom. The van der Waals surface area contributed by atoms with E-state index in [1.54, 1.807) is 18.2 Å². The highest BCUT2D eigenvalue weighted by atomic mass is 35.5. The average molecular weight is 312 g/mol. The van der Waals surface area contributed by atoms with Crippen molar-refractivity contribution in [2.75, 3.05) is 20.3 Å². The number of aryl methyl sites for hydroxylation is 1. The summed E-state index contributed by atoms with van der Waals surface area (Å²) in [5.74, 6) is -1.36. The number of likely N-dealkylation sites (tertiary alicyclic amines) is 1. The van der Waals surface area contributed by atoms with Crippen molar-refractivity contribution in [1.82, 2.24) is 4.90 Å². The number of benzene rings is 1. The van der Waals surface area contributed by atoms with Crippen molar-refractivity contribution in [2.24, 2.45) is 0 Å². The minimum absolute atomic E-state index is 0.0202. The zero-order chi connectivity index (χ0) is 15.6. The maximum atomic E-state index is 12.7. The lowest BCUT2D eigenvalue weighted by molar-refractivity contribution is -0.151. The number of hydrogen-bond donors (Lipinski definition) is 1. The van der Waals surface area contributed by atoms with Crippen LogP contribution in [0, 0.1) is 6.92 Å². The van der Waals surface area contributed by atoms with E-state index in [2.05, 4.69) is 0 Å².